The topological polar surface area (TPSA) is 247 Å². The predicted octanol–water partition coefficient (Wildman–Crippen LogP) is 7.17. The van der Waals surface area contributed by atoms with E-state index in [0.717, 1.165) is 17.2 Å². The molecule has 4 aromatic carbocycles. The number of phenolic OH excluding ortho intramolecular Hbond substituents is 2. The molecule has 2 aromatic heterocycles. The molecule has 0 spiro atoms. The number of allylic oxidation sites excluding steroid dienone is 1. The summed E-state index contributed by atoms with van der Waals surface area (Å²) in [5, 5.41) is 37.2. The number of carbonyl (C=O) groups is 1. The molecule has 1 unspecified atom stereocenters. The molecule has 0 saturated carbocycles. The molecule has 0 radical (unpaired) electrons. The third kappa shape index (κ3) is 10.3. The van der Waals surface area contributed by atoms with E-state index in [-0.39, 0.29) is 40.6 Å². The maximum atomic E-state index is 11.9. The summed E-state index contributed by atoms with van der Waals surface area (Å²) in [6.45, 7) is 5.99. The Balaban J connectivity index is 0.000000212. The fraction of sp³-hybridized carbons (Fsp3) is 0.143. The normalized spacial score (nSPS) is 12.2. The lowest BCUT2D eigenvalue weighted by Gasteiger charge is -2.28. The Morgan fingerprint density at radius 2 is 1.42 bits per heavy atom. The molecule has 1 atom stereocenters. The van der Waals surface area contributed by atoms with E-state index in [9.17, 15) is 24.8 Å². The SMILES string of the molecule is COc1cc(C2C(C#N)=C(N)Oc3c2ccc2ccc(=O)[nH]c32)cc(Br)c1OC.COc1cc(C=O)cc(Br)c1OC.O=c1ccc2cc(O)cc(O)c2[nH]1.[C-]#[N+]CC#N. The minimum atomic E-state index is -0.507. The second-order valence-corrected chi connectivity index (χ2v) is 13.7. The number of aromatic nitrogens is 2. The maximum Gasteiger partial charge on any atom is 0.298 e. The van der Waals surface area contributed by atoms with Crippen LogP contribution in [-0.4, -0.2) is 61.5 Å². The Labute approximate surface area is 358 Å². The number of nitriles is 2. The van der Waals surface area contributed by atoms with Gasteiger partial charge in [0.1, 0.15) is 35.5 Å². The number of nitrogens with two attached hydrogens (primary N) is 1. The molecule has 306 valence electrons. The van der Waals surface area contributed by atoms with Gasteiger partial charge >= 0.3 is 0 Å². The van der Waals surface area contributed by atoms with Crippen LogP contribution in [0.5, 0.6) is 40.2 Å². The number of hydrogen-bond donors (Lipinski definition) is 5. The Morgan fingerprint density at radius 3 is 1.97 bits per heavy atom. The van der Waals surface area contributed by atoms with Crippen molar-refractivity contribution in [2.75, 3.05) is 35.0 Å². The number of pyridine rings is 2. The molecule has 0 fully saturated rings. The van der Waals surface area contributed by atoms with E-state index in [1.807, 2.05) is 18.2 Å². The second kappa shape index (κ2) is 20.8. The summed E-state index contributed by atoms with van der Waals surface area (Å²) in [5.41, 5.74) is 8.72. The first-order chi connectivity index (χ1) is 28.8. The van der Waals surface area contributed by atoms with Crippen molar-refractivity contribution in [1.82, 2.24) is 9.97 Å². The van der Waals surface area contributed by atoms with Crippen molar-refractivity contribution < 1.29 is 38.7 Å². The Bertz CT molecular complexity index is 2840. The molecule has 0 aliphatic carbocycles. The van der Waals surface area contributed by atoms with Crippen LogP contribution in [0.15, 0.2) is 103 Å². The number of H-pyrrole nitrogens is 2. The highest BCUT2D eigenvalue weighted by molar-refractivity contribution is 9.11. The summed E-state index contributed by atoms with van der Waals surface area (Å²) in [4.78, 5) is 41.3. The average molecular weight is 943 g/mol. The first-order valence-corrected chi connectivity index (χ1v) is 18.6. The molecular weight excluding hydrogens is 908 g/mol. The van der Waals surface area contributed by atoms with Crippen molar-refractivity contribution in [3.8, 4) is 52.4 Å². The number of hydrogen-bond acceptors (Lipinski definition) is 13. The van der Waals surface area contributed by atoms with Crippen molar-refractivity contribution >= 4 is 60.0 Å². The van der Waals surface area contributed by atoms with Gasteiger partial charge < -0.3 is 54.4 Å². The standard InChI is InChI=1S/C21H16BrN3O4.C9H9BrO3.C9H7NO3.C3H2N2/c1-27-15-8-11(7-14(22)20(15)28-2)17-12-5-3-10-4-6-16(26)25-18(10)19(12)29-21(24)13(17)9-23;1-12-8-4-6(5-11)3-7(10)9(8)13-2;11-6-3-5-1-2-8(13)10-9(5)7(12)4-6;1-5-3-2-4/h3-8,17H,24H2,1-2H3,(H,25,26);3-5H,1-2H3;1-4,11-12H,(H,10,13);3H2. The number of carbonyl (C=O) groups excluding carboxylic acids is 1. The van der Waals surface area contributed by atoms with Crippen LogP contribution in [0.3, 0.4) is 0 Å². The second-order valence-electron chi connectivity index (χ2n) is 12.0. The Kier molecular flexibility index (Phi) is 15.7. The van der Waals surface area contributed by atoms with Crippen molar-refractivity contribution in [1.29, 1.82) is 10.5 Å². The highest BCUT2D eigenvalue weighted by atomic mass is 79.9. The van der Waals surface area contributed by atoms with E-state index in [2.05, 4.69) is 52.7 Å². The van der Waals surface area contributed by atoms with Crippen molar-refractivity contribution in [3.63, 3.8) is 0 Å². The van der Waals surface area contributed by atoms with Crippen molar-refractivity contribution in [3.05, 3.63) is 142 Å². The van der Waals surface area contributed by atoms with Crippen LogP contribution in [0, 0.1) is 29.2 Å². The van der Waals surface area contributed by atoms with Crippen LogP contribution in [0.1, 0.15) is 27.4 Å². The predicted molar refractivity (Wildman–Crippen MR) is 229 cm³/mol. The van der Waals surface area contributed by atoms with Gasteiger partial charge in [0.15, 0.2) is 28.7 Å². The highest BCUT2D eigenvalue weighted by Crippen LogP contribution is 2.47. The van der Waals surface area contributed by atoms with Crippen molar-refractivity contribution in [2.45, 2.75) is 5.92 Å². The van der Waals surface area contributed by atoms with E-state index in [0.29, 0.717) is 65.2 Å². The number of methoxy groups -OCH3 is 4. The molecular formula is C42H34Br2N6O10. The molecule has 0 amide bonds. The lowest BCUT2D eigenvalue weighted by molar-refractivity contribution is 0.112. The molecule has 6 N–H and O–H groups in total. The minimum absolute atomic E-state index is 0.00638. The van der Waals surface area contributed by atoms with Gasteiger partial charge in [-0.3, -0.25) is 14.4 Å². The van der Waals surface area contributed by atoms with Gasteiger partial charge in [-0.15, -0.1) is 0 Å². The van der Waals surface area contributed by atoms with Gasteiger partial charge in [0.05, 0.1) is 54.3 Å². The number of fused-ring (bicyclic) bond motifs is 4. The minimum Gasteiger partial charge on any atom is -0.508 e. The first kappa shape index (κ1) is 45.2. The fourth-order valence-corrected chi connectivity index (χ4v) is 7.10. The van der Waals surface area contributed by atoms with Gasteiger partial charge in [-0.1, -0.05) is 12.1 Å². The quantitative estimate of drug-likeness (QED) is 0.0632. The van der Waals surface area contributed by atoms with Crippen LogP contribution in [0.2, 0.25) is 0 Å². The molecule has 1 aliphatic rings. The number of nitrogens with zero attached hydrogens (tertiary/aromatic N) is 3. The molecule has 60 heavy (non-hydrogen) atoms. The highest BCUT2D eigenvalue weighted by Gasteiger charge is 2.33. The average Bonchev–Trinajstić information content (AvgIpc) is 3.23. The van der Waals surface area contributed by atoms with Gasteiger partial charge in [-0.25, -0.2) is 6.57 Å². The Morgan fingerprint density at radius 1 is 0.833 bits per heavy atom. The summed E-state index contributed by atoms with van der Waals surface area (Å²) >= 11 is 6.77. The van der Waals surface area contributed by atoms with E-state index < -0.39 is 5.92 Å². The van der Waals surface area contributed by atoms with Crippen LogP contribution < -0.4 is 40.5 Å². The number of aldehydes is 1. The molecule has 1 aliphatic heterocycles. The number of rotatable bonds is 6. The zero-order valence-electron chi connectivity index (χ0n) is 32.1. The monoisotopic (exact) mass is 940 g/mol. The van der Waals surface area contributed by atoms with Crippen LogP contribution in [0.4, 0.5) is 0 Å². The summed E-state index contributed by atoms with van der Waals surface area (Å²) in [6.07, 6.45) is 0.757. The third-order valence-corrected chi connectivity index (χ3v) is 9.58. The lowest BCUT2D eigenvalue weighted by Crippen LogP contribution is -2.22. The summed E-state index contributed by atoms with van der Waals surface area (Å²) in [6, 6.07) is 23.2. The van der Waals surface area contributed by atoms with Crippen LogP contribution in [-0.2, 0) is 0 Å². The van der Waals surface area contributed by atoms with E-state index in [4.69, 9.17) is 46.4 Å². The number of ether oxygens (including phenoxy) is 5. The van der Waals surface area contributed by atoms with Gasteiger partial charge in [0.2, 0.25) is 17.0 Å². The molecule has 16 nitrogen and oxygen atoms in total. The van der Waals surface area contributed by atoms with Crippen LogP contribution >= 0.6 is 31.9 Å². The van der Waals surface area contributed by atoms with Crippen molar-refractivity contribution in [2.24, 2.45) is 5.73 Å². The number of phenols is 2. The first-order valence-electron chi connectivity index (χ1n) is 17.1. The van der Waals surface area contributed by atoms with Gasteiger partial charge in [-0.05, 0) is 79.9 Å². The van der Waals surface area contributed by atoms with E-state index in [1.54, 1.807) is 51.7 Å². The number of benzene rings is 4. The van der Waals surface area contributed by atoms with Gasteiger partial charge in [-0.2, -0.15) is 10.5 Å². The number of aromatic amines is 2. The van der Waals surface area contributed by atoms with E-state index >= 15 is 0 Å². The fourth-order valence-electron chi connectivity index (χ4n) is 5.86. The van der Waals surface area contributed by atoms with Gasteiger partial charge in [0, 0.05) is 40.1 Å². The van der Waals surface area contributed by atoms with Gasteiger partial charge in [0.25, 0.3) is 6.54 Å². The molecule has 0 saturated heterocycles. The summed E-state index contributed by atoms with van der Waals surface area (Å²) in [5.74, 6) is 1.93. The van der Waals surface area contributed by atoms with Crippen LogP contribution in [0.25, 0.3) is 26.7 Å². The summed E-state index contributed by atoms with van der Waals surface area (Å²) in [7, 11) is 6.16. The largest absolute Gasteiger partial charge is 0.508 e. The number of halogens is 2. The third-order valence-electron chi connectivity index (χ3n) is 8.41. The Hall–Kier alpha value is -7.46. The number of nitrogens with one attached hydrogen (secondary N) is 2. The zero-order chi connectivity index (χ0) is 44.1. The molecule has 18 heteroatoms. The molecule has 0 bridgehead atoms. The molecule has 7 rings (SSSR count). The smallest absolute Gasteiger partial charge is 0.298 e. The zero-order valence-corrected chi connectivity index (χ0v) is 35.3. The molecule has 3 heterocycles. The number of aromatic hydroxyl groups is 2. The lowest BCUT2D eigenvalue weighted by atomic mass is 9.83. The maximum absolute atomic E-state index is 11.9. The molecule has 6 aromatic rings. The van der Waals surface area contributed by atoms with E-state index in [1.165, 1.54) is 37.4 Å². The summed E-state index contributed by atoms with van der Waals surface area (Å²) < 4.78 is 28.1.